The Balaban J connectivity index is 1.71. The lowest BCUT2D eigenvalue weighted by Crippen LogP contribution is -2.04. The molecular weight excluding hydrogens is 352 g/mol. The van der Waals surface area contributed by atoms with Gasteiger partial charge in [0.15, 0.2) is 0 Å². The molecule has 2 heterocycles. The zero-order valence-corrected chi connectivity index (χ0v) is 16.0. The van der Waals surface area contributed by atoms with Gasteiger partial charge in [0.2, 0.25) is 0 Å². The van der Waals surface area contributed by atoms with Gasteiger partial charge in [0, 0.05) is 6.54 Å². The molecular formula is C22H20N4O2. The molecule has 0 radical (unpaired) electrons. The summed E-state index contributed by atoms with van der Waals surface area (Å²) in [5, 5.41) is 17.8. The average Bonchev–Trinajstić information content (AvgIpc) is 3.03. The van der Waals surface area contributed by atoms with Crippen LogP contribution in [0, 0.1) is 20.8 Å². The molecule has 4 rings (SSSR count). The summed E-state index contributed by atoms with van der Waals surface area (Å²) in [7, 11) is 0. The Labute approximate surface area is 162 Å². The summed E-state index contributed by atoms with van der Waals surface area (Å²) in [6, 6.07) is 15.0. The van der Waals surface area contributed by atoms with E-state index >= 15 is 0 Å². The van der Waals surface area contributed by atoms with E-state index in [9.17, 15) is 9.90 Å². The first kappa shape index (κ1) is 17.9. The van der Waals surface area contributed by atoms with Gasteiger partial charge in [0.1, 0.15) is 11.3 Å². The molecule has 0 aliphatic heterocycles. The fourth-order valence-electron chi connectivity index (χ4n) is 3.52. The summed E-state index contributed by atoms with van der Waals surface area (Å²) >= 11 is 0. The van der Waals surface area contributed by atoms with Crippen molar-refractivity contribution in [3.8, 4) is 11.1 Å². The van der Waals surface area contributed by atoms with E-state index in [1.807, 2.05) is 57.2 Å². The molecule has 0 amide bonds. The predicted molar refractivity (Wildman–Crippen MR) is 107 cm³/mol. The SMILES string of the molecule is Cc1nnc(C)c2c1nc(C)n2Cc1ccc(-c2ccccc2C(=O)O)cc1. The number of carbonyl (C=O) groups is 1. The van der Waals surface area contributed by atoms with Crippen LogP contribution in [0.1, 0.15) is 33.1 Å². The van der Waals surface area contributed by atoms with Gasteiger partial charge < -0.3 is 9.67 Å². The van der Waals surface area contributed by atoms with Crippen molar-refractivity contribution in [1.29, 1.82) is 0 Å². The average molecular weight is 372 g/mol. The van der Waals surface area contributed by atoms with Crippen molar-refractivity contribution < 1.29 is 9.90 Å². The number of benzene rings is 2. The number of fused-ring (bicyclic) bond motifs is 1. The molecule has 0 atom stereocenters. The maximum Gasteiger partial charge on any atom is 0.336 e. The van der Waals surface area contributed by atoms with Gasteiger partial charge in [-0.3, -0.25) is 0 Å². The van der Waals surface area contributed by atoms with Gasteiger partial charge in [-0.1, -0.05) is 42.5 Å². The highest BCUT2D eigenvalue weighted by Crippen LogP contribution is 2.26. The van der Waals surface area contributed by atoms with E-state index in [4.69, 9.17) is 0 Å². The highest BCUT2D eigenvalue weighted by molar-refractivity contribution is 5.96. The van der Waals surface area contributed by atoms with Crippen molar-refractivity contribution in [2.75, 3.05) is 0 Å². The Morgan fingerprint density at radius 3 is 2.36 bits per heavy atom. The number of hydrogen-bond acceptors (Lipinski definition) is 4. The third-order valence-electron chi connectivity index (χ3n) is 4.96. The van der Waals surface area contributed by atoms with Crippen LogP contribution in [0.5, 0.6) is 0 Å². The topological polar surface area (TPSA) is 80.9 Å². The molecule has 0 spiro atoms. The monoisotopic (exact) mass is 372 g/mol. The number of nitrogens with zero attached hydrogens (tertiary/aromatic N) is 4. The number of imidazole rings is 1. The summed E-state index contributed by atoms with van der Waals surface area (Å²) in [6.45, 7) is 6.50. The molecule has 140 valence electrons. The van der Waals surface area contributed by atoms with Crippen molar-refractivity contribution in [3.63, 3.8) is 0 Å². The van der Waals surface area contributed by atoms with Gasteiger partial charge in [-0.05, 0) is 43.5 Å². The van der Waals surface area contributed by atoms with Gasteiger partial charge >= 0.3 is 5.97 Å². The van der Waals surface area contributed by atoms with Gasteiger partial charge in [-0.25, -0.2) is 9.78 Å². The molecule has 28 heavy (non-hydrogen) atoms. The van der Waals surface area contributed by atoms with Crippen LogP contribution in [0.3, 0.4) is 0 Å². The minimum absolute atomic E-state index is 0.302. The summed E-state index contributed by atoms with van der Waals surface area (Å²) in [4.78, 5) is 16.1. The van der Waals surface area contributed by atoms with Crippen LogP contribution < -0.4 is 0 Å². The highest BCUT2D eigenvalue weighted by atomic mass is 16.4. The molecule has 6 nitrogen and oxygen atoms in total. The van der Waals surface area contributed by atoms with Crippen LogP contribution in [-0.4, -0.2) is 30.8 Å². The van der Waals surface area contributed by atoms with E-state index in [1.165, 1.54) is 0 Å². The summed E-state index contributed by atoms with van der Waals surface area (Å²) < 4.78 is 2.15. The normalized spacial score (nSPS) is 11.1. The first-order valence-corrected chi connectivity index (χ1v) is 9.04. The predicted octanol–water partition coefficient (Wildman–Crippen LogP) is 4.17. The highest BCUT2D eigenvalue weighted by Gasteiger charge is 2.15. The summed E-state index contributed by atoms with van der Waals surface area (Å²) in [5.74, 6) is -0.0107. The van der Waals surface area contributed by atoms with Gasteiger partial charge in [-0.2, -0.15) is 10.2 Å². The van der Waals surface area contributed by atoms with E-state index in [2.05, 4.69) is 19.7 Å². The number of aromatic nitrogens is 4. The standard InChI is InChI=1S/C22H20N4O2/c1-13-20-21(14(2)25-24-13)26(15(3)23-20)12-16-8-10-17(11-9-16)18-6-4-5-7-19(18)22(27)28/h4-11H,12H2,1-3H3,(H,27,28). The summed E-state index contributed by atoms with van der Waals surface area (Å²) in [6.07, 6.45) is 0. The molecule has 1 N–H and O–H groups in total. The van der Waals surface area contributed by atoms with Crippen molar-refractivity contribution in [2.45, 2.75) is 27.3 Å². The molecule has 0 saturated heterocycles. The van der Waals surface area contributed by atoms with Gasteiger partial charge in [0.05, 0.1) is 22.5 Å². The number of rotatable bonds is 4. The largest absolute Gasteiger partial charge is 0.478 e. The second-order valence-electron chi connectivity index (χ2n) is 6.86. The van der Waals surface area contributed by atoms with Crippen LogP contribution in [0.2, 0.25) is 0 Å². The molecule has 2 aromatic heterocycles. The minimum atomic E-state index is -0.924. The Kier molecular flexibility index (Phi) is 4.39. The lowest BCUT2D eigenvalue weighted by molar-refractivity contribution is 0.0697. The molecule has 0 unspecified atom stereocenters. The molecule has 6 heteroatoms. The third-order valence-corrected chi connectivity index (χ3v) is 4.96. The number of aryl methyl sites for hydroxylation is 3. The Morgan fingerprint density at radius 1 is 0.964 bits per heavy atom. The lowest BCUT2D eigenvalue weighted by atomic mass is 9.99. The van der Waals surface area contributed by atoms with Crippen molar-refractivity contribution in [2.24, 2.45) is 0 Å². The Bertz CT molecular complexity index is 1190. The maximum atomic E-state index is 11.5. The second kappa shape index (κ2) is 6.88. The van der Waals surface area contributed by atoms with E-state index in [-0.39, 0.29) is 0 Å². The van der Waals surface area contributed by atoms with Crippen molar-refractivity contribution >= 4 is 17.0 Å². The zero-order chi connectivity index (χ0) is 19.8. The first-order chi connectivity index (χ1) is 13.5. The number of carboxylic acids is 1. The molecule has 0 saturated carbocycles. The number of hydrogen-bond donors (Lipinski definition) is 1. The van der Waals surface area contributed by atoms with Crippen LogP contribution in [0.4, 0.5) is 0 Å². The molecule has 4 aromatic rings. The van der Waals surface area contributed by atoms with Crippen LogP contribution in [0.25, 0.3) is 22.2 Å². The third kappa shape index (κ3) is 3.03. The fraction of sp³-hybridized carbons (Fsp3) is 0.182. The smallest absolute Gasteiger partial charge is 0.336 e. The van der Waals surface area contributed by atoms with Crippen LogP contribution >= 0.6 is 0 Å². The quantitative estimate of drug-likeness (QED) is 0.582. The van der Waals surface area contributed by atoms with E-state index < -0.39 is 5.97 Å². The first-order valence-electron chi connectivity index (χ1n) is 9.04. The van der Waals surface area contributed by atoms with Gasteiger partial charge in [-0.15, -0.1) is 0 Å². The van der Waals surface area contributed by atoms with Crippen LogP contribution in [0.15, 0.2) is 48.5 Å². The van der Waals surface area contributed by atoms with E-state index in [0.717, 1.165) is 39.4 Å². The van der Waals surface area contributed by atoms with E-state index in [0.29, 0.717) is 17.7 Å². The van der Waals surface area contributed by atoms with Crippen molar-refractivity contribution in [3.05, 3.63) is 76.9 Å². The van der Waals surface area contributed by atoms with E-state index in [1.54, 1.807) is 12.1 Å². The fourth-order valence-corrected chi connectivity index (χ4v) is 3.52. The summed E-state index contributed by atoms with van der Waals surface area (Å²) in [5.41, 5.74) is 6.57. The zero-order valence-electron chi connectivity index (χ0n) is 16.0. The van der Waals surface area contributed by atoms with Crippen LogP contribution in [-0.2, 0) is 6.54 Å². The maximum absolute atomic E-state index is 11.5. The second-order valence-corrected chi connectivity index (χ2v) is 6.86. The lowest BCUT2D eigenvalue weighted by Gasteiger charge is -2.10. The number of aromatic carboxylic acids is 1. The molecule has 0 bridgehead atoms. The van der Waals surface area contributed by atoms with Gasteiger partial charge in [0.25, 0.3) is 0 Å². The molecule has 0 aliphatic carbocycles. The Morgan fingerprint density at radius 2 is 1.64 bits per heavy atom. The molecule has 2 aromatic carbocycles. The van der Waals surface area contributed by atoms with Crippen molar-refractivity contribution in [1.82, 2.24) is 19.7 Å². The molecule has 0 aliphatic rings. The Hall–Kier alpha value is -3.54. The number of carboxylic acid groups (broad SMARTS) is 1. The molecule has 0 fully saturated rings. The minimum Gasteiger partial charge on any atom is -0.478 e.